The van der Waals surface area contributed by atoms with Gasteiger partial charge in [-0.3, -0.25) is 14.3 Å². The normalized spacial score (nSPS) is 10.5. The number of nitrogens with zero attached hydrogens (tertiary/aromatic N) is 1. The molecule has 0 bridgehead atoms. The summed E-state index contributed by atoms with van der Waals surface area (Å²) in [4.78, 5) is 38.1. The third-order valence-electron chi connectivity index (χ3n) is 4.01. The number of anilines is 2. The first-order valence-electron chi connectivity index (χ1n) is 9.00. The lowest BCUT2D eigenvalue weighted by Gasteiger charge is -2.11. The maximum absolute atomic E-state index is 12.0. The van der Waals surface area contributed by atoms with Gasteiger partial charge in [0.1, 0.15) is 19.0 Å². The zero-order chi connectivity index (χ0) is 20.6. The highest BCUT2D eigenvalue weighted by Crippen LogP contribution is 2.13. The number of H-pyrrole nitrogens is 1. The molecule has 0 fully saturated rings. The fourth-order valence-electron chi connectivity index (χ4n) is 2.59. The van der Waals surface area contributed by atoms with Crippen LogP contribution >= 0.6 is 0 Å². The first kappa shape index (κ1) is 20.1. The molecule has 29 heavy (non-hydrogen) atoms. The Morgan fingerprint density at radius 1 is 1.07 bits per heavy atom. The molecule has 0 spiro atoms. The fourth-order valence-corrected chi connectivity index (χ4v) is 2.59. The van der Waals surface area contributed by atoms with E-state index in [0.717, 1.165) is 11.3 Å². The van der Waals surface area contributed by atoms with Gasteiger partial charge in [-0.2, -0.15) is 0 Å². The molecule has 0 aliphatic rings. The van der Waals surface area contributed by atoms with Crippen LogP contribution < -0.4 is 16.6 Å². The Kier molecular flexibility index (Phi) is 6.59. The summed E-state index contributed by atoms with van der Waals surface area (Å²) in [6, 6.07) is 16.1. The summed E-state index contributed by atoms with van der Waals surface area (Å²) >= 11 is 0. The van der Waals surface area contributed by atoms with Gasteiger partial charge in [0.25, 0.3) is 5.56 Å². The highest BCUT2D eigenvalue weighted by Gasteiger charge is 2.07. The van der Waals surface area contributed by atoms with Crippen molar-refractivity contribution in [1.82, 2.24) is 9.55 Å². The van der Waals surface area contributed by atoms with E-state index in [1.165, 1.54) is 10.8 Å². The summed E-state index contributed by atoms with van der Waals surface area (Å²) in [5.74, 6) is -0.444. The van der Waals surface area contributed by atoms with Gasteiger partial charge in [-0.15, -0.1) is 0 Å². The van der Waals surface area contributed by atoms with Crippen LogP contribution in [0.1, 0.15) is 15.9 Å². The van der Waals surface area contributed by atoms with Gasteiger partial charge < -0.3 is 14.8 Å². The molecule has 2 N–H and O–H groups in total. The van der Waals surface area contributed by atoms with Crippen molar-refractivity contribution in [2.75, 3.05) is 18.5 Å². The second-order valence-electron chi connectivity index (χ2n) is 6.31. The van der Waals surface area contributed by atoms with Crippen molar-refractivity contribution in [2.24, 2.45) is 0 Å². The summed E-state index contributed by atoms with van der Waals surface area (Å²) in [5, 5.41) is 2.99. The van der Waals surface area contributed by atoms with Gasteiger partial charge in [-0.05, 0) is 36.8 Å². The zero-order valence-electron chi connectivity index (χ0n) is 15.9. The molecule has 1 aromatic heterocycles. The van der Waals surface area contributed by atoms with Gasteiger partial charge in [0, 0.05) is 11.9 Å². The van der Waals surface area contributed by atoms with Crippen LogP contribution in [0.25, 0.3) is 0 Å². The average Bonchev–Trinajstić information content (AvgIpc) is 2.71. The molecule has 0 atom stereocenters. The number of carbonyl (C=O) groups is 1. The van der Waals surface area contributed by atoms with Gasteiger partial charge in [-0.1, -0.05) is 30.3 Å². The predicted octanol–water partition coefficient (Wildman–Crippen LogP) is 2.42. The number of aromatic nitrogens is 2. The van der Waals surface area contributed by atoms with E-state index in [1.54, 1.807) is 24.3 Å². The number of esters is 1. The molecule has 0 aliphatic carbocycles. The van der Waals surface area contributed by atoms with Crippen LogP contribution in [0.15, 0.2) is 70.4 Å². The number of carbonyl (C=O) groups excluding carboxylic acids is 1. The summed E-state index contributed by atoms with van der Waals surface area (Å²) in [6.45, 7) is 1.99. The average molecular weight is 395 g/mol. The maximum Gasteiger partial charge on any atom is 0.338 e. The fraction of sp³-hybridized carbons (Fsp3) is 0.190. The van der Waals surface area contributed by atoms with E-state index in [0.29, 0.717) is 5.56 Å². The number of aryl methyl sites for hydroxylation is 1. The second-order valence-corrected chi connectivity index (χ2v) is 6.31. The summed E-state index contributed by atoms with van der Waals surface area (Å²) in [5.41, 5.74) is 1.32. The van der Waals surface area contributed by atoms with Crippen molar-refractivity contribution in [1.29, 1.82) is 0 Å². The predicted molar refractivity (Wildman–Crippen MR) is 108 cm³/mol. The Balaban J connectivity index is 1.55. The molecule has 8 heteroatoms. The van der Waals surface area contributed by atoms with Gasteiger partial charge in [0.15, 0.2) is 0 Å². The van der Waals surface area contributed by atoms with E-state index in [-0.39, 0.29) is 25.6 Å². The number of hydrogen-bond acceptors (Lipinski definition) is 6. The molecule has 0 amide bonds. The number of nitrogens with one attached hydrogen (secondary N) is 2. The first-order valence-corrected chi connectivity index (χ1v) is 9.00. The summed E-state index contributed by atoms with van der Waals surface area (Å²) in [6.07, 6.45) is 1.39. The molecular formula is C21H21N3O5. The van der Waals surface area contributed by atoms with Crippen molar-refractivity contribution < 1.29 is 14.3 Å². The molecule has 0 aliphatic heterocycles. The van der Waals surface area contributed by atoms with Gasteiger partial charge >= 0.3 is 11.7 Å². The van der Waals surface area contributed by atoms with E-state index >= 15 is 0 Å². The minimum atomic E-state index is -0.592. The lowest BCUT2D eigenvalue weighted by atomic mass is 10.2. The van der Waals surface area contributed by atoms with Crippen molar-refractivity contribution in [3.63, 3.8) is 0 Å². The molecule has 2 aromatic carbocycles. The zero-order valence-corrected chi connectivity index (χ0v) is 15.9. The standard InChI is InChI=1S/C21H21N3O5/c1-15-6-5-9-17(12-15)22-18-13-24(21(27)23-19(18)25)14-28-10-11-29-20(26)16-7-3-2-4-8-16/h2-9,12-13,22H,10-11,14H2,1H3,(H,23,25,27). The second kappa shape index (κ2) is 9.52. The number of benzene rings is 2. The van der Waals surface area contributed by atoms with Crippen molar-refractivity contribution in [3.05, 3.63) is 92.8 Å². The molecule has 3 aromatic rings. The first-order chi connectivity index (χ1) is 14.0. The molecule has 3 rings (SSSR count). The van der Waals surface area contributed by atoms with E-state index in [2.05, 4.69) is 10.3 Å². The molecule has 0 unspecified atom stereocenters. The Morgan fingerprint density at radius 2 is 1.86 bits per heavy atom. The van der Waals surface area contributed by atoms with Gasteiger partial charge in [0.2, 0.25) is 0 Å². The van der Waals surface area contributed by atoms with Crippen LogP contribution in [-0.4, -0.2) is 28.7 Å². The van der Waals surface area contributed by atoms with Crippen molar-refractivity contribution in [3.8, 4) is 0 Å². The number of rotatable bonds is 8. The monoisotopic (exact) mass is 395 g/mol. The highest BCUT2D eigenvalue weighted by molar-refractivity contribution is 5.89. The Bertz CT molecular complexity index is 1090. The molecule has 8 nitrogen and oxygen atoms in total. The molecular weight excluding hydrogens is 374 g/mol. The van der Waals surface area contributed by atoms with Crippen molar-refractivity contribution >= 4 is 17.3 Å². The molecule has 0 radical (unpaired) electrons. The van der Waals surface area contributed by atoms with Gasteiger partial charge in [0.05, 0.1) is 12.2 Å². The number of aromatic amines is 1. The van der Waals surface area contributed by atoms with Crippen LogP contribution in [0.4, 0.5) is 11.4 Å². The maximum atomic E-state index is 12.0. The van der Waals surface area contributed by atoms with Crippen LogP contribution in [0.2, 0.25) is 0 Å². The topological polar surface area (TPSA) is 102 Å². The minimum Gasteiger partial charge on any atom is -0.460 e. The van der Waals surface area contributed by atoms with E-state index < -0.39 is 17.2 Å². The number of hydrogen-bond donors (Lipinski definition) is 2. The summed E-state index contributed by atoms with van der Waals surface area (Å²) < 4.78 is 11.7. The van der Waals surface area contributed by atoms with E-state index in [1.807, 2.05) is 37.3 Å². The SMILES string of the molecule is Cc1cccc(Nc2cn(COCCOC(=O)c3ccccc3)c(=O)[nH]c2=O)c1. The van der Waals surface area contributed by atoms with E-state index in [4.69, 9.17) is 9.47 Å². The van der Waals surface area contributed by atoms with Gasteiger partial charge in [-0.25, -0.2) is 9.59 Å². The Labute approximate surface area is 166 Å². The largest absolute Gasteiger partial charge is 0.460 e. The van der Waals surface area contributed by atoms with Crippen molar-refractivity contribution in [2.45, 2.75) is 13.7 Å². The summed E-state index contributed by atoms with van der Waals surface area (Å²) in [7, 11) is 0. The van der Waals surface area contributed by atoms with Crippen LogP contribution in [0.5, 0.6) is 0 Å². The Morgan fingerprint density at radius 3 is 2.62 bits per heavy atom. The molecule has 150 valence electrons. The van der Waals surface area contributed by atoms with Crippen LogP contribution in [-0.2, 0) is 16.2 Å². The third kappa shape index (κ3) is 5.66. The lowest BCUT2D eigenvalue weighted by molar-refractivity contribution is 0.0163. The van der Waals surface area contributed by atoms with E-state index in [9.17, 15) is 14.4 Å². The Hall–Kier alpha value is -3.65. The smallest absolute Gasteiger partial charge is 0.338 e. The number of ether oxygens (including phenoxy) is 2. The molecule has 1 heterocycles. The van der Waals surface area contributed by atoms with Crippen LogP contribution in [0.3, 0.4) is 0 Å². The quantitative estimate of drug-likeness (QED) is 0.449. The highest BCUT2D eigenvalue weighted by atomic mass is 16.6. The molecule has 0 saturated carbocycles. The lowest BCUT2D eigenvalue weighted by Crippen LogP contribution is -2.31. The van der Waals surface area contributed by atoms with Crippen LogP contribution in [0, 0.1) is 6.92 Å². The molecule has 0 saturated heterocycles. The third-order valence-corrected chi connectivity index (χ3v) is 4.01. The minimum absolute atomic E-state index is 0.0419.